The first kappa shape index (κ1) is 8.19. The second kappa shape index (κ2) is 2.81. The van der Waals surface area contributed by atoms with E-state index in [1.807, 2.05) is 30.3 Å². The molecule has 0 N–H and O–H groups in total. The second-order valence-electron chi connectivity index (χ2n) is 2.66. The van der Waals surface area contributed by atoms with Crippen LogP contribution >= 0.6 is 0 Å². The fraction of sp³-hybridized carbons (Fsp3) is 0. The highest BCUT2D eigenvalue weighted by atomic mass is 32.2. The molecule has 1 aliphatic heterocycles. The summed E-state index contributed by atoms with van der Waals surface area (Å²) < 4.78 is 25.4. The van der Waals surface area contributed by atoms with Crippen molar-refractivity contribution in [1.82, 2.24) is 0 Å². The number of rotatable bonds is 1. The zero-order valence-corrected chi connectivity index (χ0v) is 7.53. The fourth-order valence-corrected chi connectivity index (χ4v) is 1.91. The molecule has 1 heterocycles. The van der Waals surface area contributed by atoms with Gasteiger partial charge in [-0.05, 0) is 6.08 Å². The number of nitrogens with zero attached hydrogens (tertiary/aromatic N) is 1. The summed E-state index contributed by atoms with van der Waals surface area (Å²) in [6.45, 7) is 0. The normalized spacial score (nSPS) is 18.6. The molecule has 2 rings (SSSR count). The molecule has 1 aromatic carbocycles. The van der Waals surface area contributed by atoms with E-state index >= 15 is 0 Å². The Morgan fingerprint density at radius 1 is 1.08 bits per heavy atom. The molecule has 1 aliphatic rings. The van der Waals surface area contributed by atoms with Crippen molar-refractivity contribution >= 4 is 15.7 Å². The van der Waals surface area contributed by atoms with Gasteiger partial charge in [-0.15, -0.1) is 0 Å². The molecule has 0 saturated carbocycles. The highest BCUT2D eigenvalue weighted by Crippen LogP contribution is 2.12. The van der Waals surface area contributed by atoms with Crippen LogP contribution in [0.25, 0.3) is 0 Å². The van der Waals surface area contributed by atoms with Gasteiger partial charge in [-0.2, -0.15) is 12.8 Å². The minimum absolute atomic E-state index is 0.501. The zero-order chi connectivity index (χ0) is 9.31. The smallest absolute Gasteiger partial charge is 0.200 e. The van der Waals surface area contributed by atoms with Gasteiger partial charge in [-0.25, -0.2) is 0 Å². The van der Waals surface area contributed by atoms with Crippen LogP contribution in [0.3, 0.4) is 0 Å². The van der Waals surface area contributed by atoms with Crippen molar-refractivity contribution in [3.63, 3.8) is 0 Å². The largest absolute Gasteiger partial charge is 0.276 e. The van der Waals surface area contributed by atoms with E-state index in [1.165, 1.54) is 6.08 Å². The van der Waals surface area contributed by atoms with Gasteiger partial charge in [0.2, 0.25) is 0 Å². The van der Waals surface area contributed by atoms with E-state index < -0.39 is 10.0 Å². The van der Waals surface area contributed by atoms with Crippen LogP contribution in [0.5, 0.6) is 0 Å². The molecule has 13 heavy (non-hydrogen) atoms. The molecule has 0 radical (unpaired) electrons. The van der Waals surface area contributed by atoms with Gasteiger partial charge in [-0.1, -0.05) is 30.3 Å². The van der Waals surface area contributed by atoms with Crippen LogP contribution in [0.4, 0.5) is 0 Å². The first-order valence-electron chi connectivity index (χ1n) is 3.76. The van der Waals surface area contributed by atoms with Crippen LogP contribution in [0.15, 0.2) is 46.2 Å². The average Bonchev–Trinajstić information content (AvgIpc) is 2.48. The third kappa shape index (κ3) is 1.67. The molecule has 3 nitrogen and oxygen atoms in total. The number of hydrogen-bond donors (Lipinski definition) is 0. The van der Waals surface area contributed by atoms with Gasteiger partial charge in [0.05, 0.1) is 11.1 Å². The van der Waals surface area contributed by atoms with E-state index in [0.29, 0.717) is 5.71 Å². The molecule has 0 saturated heterocycles. The molecule has 0 amide bonds. The van der Waals surface area contributed by atoms with E-state index in [-0.39, 0.29) is 0 Å². The van der Waals surface area contributed by atoms with Gasteiger partial charge >= 0.3 is 0 Å². The average molecular weight is 193 g/mol. The molecular formula is C9H7NO2S. The van der Waals surface area contributed by atoms with Gasteiger partial charge in [0.15, 0.2) is 0 Å². The summed E-state index contributed by atoms with van der Waals surface area (Å²) in [7, 11) is -3.34. The topological polar surface area (TPSA) is 46.5 Å². The van der Waals surface area contributed by atoms with Crippen LogP contribution in [0, 0.1) is 0 Å². The Morgan fingerprint density at radius 2 is 1.77 bits per heavy atom. The molecule has 66 valence electrons. The van der Waals surface area contributed by atoms with Crippen LogP contribution in [-0.4, -0.2) is 14.1 Å². The quantitative estimate of drug-likeness (QED) is 0.675. The van der Waals surface area contributed by atoms with E-state index in [4.69, 9.17) is 0 Å². The molecular weight excluding hydrogens is 186 g/mol. The molecule has 1 aromatic rings. The summed E-state index contributed by atoms with van der Waals surface area (Å²) in [4.78, 5) is 0. The van der Waals surface area contributed by atoms with Gasteiger partial charge in [0, 0.05) is 5.56 Å². The van der Waals surface area contributed by atoms with Gasteiger partial charge in [0.25, 0.3) is 10.0 Å². The van der Waals surface area contributed by atoms with E-state index in [9.17, 15) is 8.42 Å². The minimum Gasteiger partial charge on any atom is -0.200 e. The maximum atomic E-state index is 10.9. The first-order valence-corrected chi connectivity index (χ1v) is 5.26. The maximum absolute atomic E-state index is 10.9. The lowest BCUT2D eigenvalue weighted by Crippen LogP contribution is -1.93. The lowest BCUT2D eigenvalue weighted by Gasteiger charge is -1.94. The van der Waals surface area contributed by atoms with Crippen LogP contribution < -0.4 is 0 Å². The van der Waals surface area contributed by atoms with Crippen molar-refractivity contribution in [1.29, 1.82) is 0 Å². The van der Waals surface area contributed by atoms with Crippen molar-refractivity contribution in [2.75, 3.05) is 0 Å². The number of hydrogen-bond acceptors (Lipinski definition) is 2. The Labute approximate surface area is 76.5 Å². The summed E-state index contributed by atoms with van der Waals surface area (Å²) in [5.74, 6) is 0. The summed E-state index contributed by atoms with van der Waals surface area (Å²) in [6, 6.07) is 9.21. The fourth-order valence-electron chi connectivity index (χ4n) is 1.11. The summed E-state index contributed by atoms with van der Waals surface area (Å²) >= 11 is 0. The molecule has 0 aromatic heterocycles. The first-order chi connectivity index (χ1) is 6.17. The number of sulfonamides is 1. The van der Waals surface area contributed by atoms with E-state index in [2.05, 4.69) is 4.40 Å². The SMILES string of the molecule is O=S1(=O)C=CC(c2ccccc2)=N1. The molecule has 0 fully saturated rings. The van der Waals surface area contributed by atoms with Crippen LogP contribution in [-0.2, 0) is 10.0 Å². The zero-order valence-electron chi connectivity index (χ0n) is 6.71. The predicted octanol–water partition coefficient (Wildman–Crippen LogP) is 1.33. The molecule has 0 unspecified atom stereocenters. The lowest BCUT2D eigenvalue weighted by atomic mass is 10.1. The van der Waals surface area contributed by atoms with Gasteiger partial charge in [0.1, 0.15) is 0 Å². The minimum atomic E-state index is -3.34. The van der Waals surface area contributed by atoms with E-state index in [1.54, 1.807) is 0 Å². The van der Waals surface area contributed by atoms with Crippen molar-refractivity contribution in [2.24, 2.45) is 4.40 Å². The Kier molecular flexibility index (Phi) is 1.77. The van der Waals surface area contributed by atoms with Gasteiger partial charge in [-0.3, -0.25) is 0 Å². The third-order valence-corrected chi connectivity index (χ3v) is 2.62. The molecule has 0 aliphatic carbocycles. The predicted molar refractivity (Wildman–Crippen MR) is 51.0 cm³/mol. The summed E-state index contributed by atoms with van der Waals surface area (Å²) in [5.41, 5.74) is 1.32. The summed E-state index contributed by atoms with van der Waals surface area (Å²) in [5, 5.41) is 1.11. The highest BCUT2D eigenvalue weighted by Gasteiger charge is 2.13. The second-order valence-corrected chi connectivity index (χ2v) is 4.14. The molecule has 4 heteroatoms. The monoisotopic (exact) mass is 193 g/mol. The Morgan fingerprint density at radius 3 is 2.31 bits per heavy atom. The van der Waals surface area contributed by atoms with Crippen molar-refractivity contribution in [3.8, 4) is 0 Å². The molecule has 0 bridgehead atoms. The molecule has 0 atom stereocenters. The Bertz CT molecular complexity index is 472. The number of allylic oxidation sites excluding steroid dienone is 1. The van der Waals surface area contributed by atoms with E-state index in [0.717, 1.165) is 11.0 Å². The van der Waals surface area contributed by atoms with Crippen LogP contribution in [0.1, 0.15) is 5.56 Å². The molecule has 0 spiro atoms. The lowest BCUT2D eigenvalue weighted by molar-refractivity contribution is 0.607. The standard InChI is InChI=1S/C9H7NO2S/c11-13(12)7-6-9(10-13)8-4-2-1-3-5-8/h1-7H. The maximum Gasteiger partial charge on any atom is 0.276 e. The van der Waals surface area contributed by atoms with Crippen molar-refractivity contribution in [3.05, 3.63) is 47.4 Å². The summed E-state index contributed by atoms with van der Waals surface area (Å²) in [6.07, 6.45) is 1.50. The number of benzene rings is 1. The Hall–Kier alpha value is -1.42. The van der Waals surface area contributed by atoms with Crippen molar-refractivity contribution < 1.29 is 8.42 Å². The van der Waals surface area contributed by atoms with Gasteiger partial charge < -0.3 is 0 Å². The highest BCUT2D eigenvalue weighted by molar-refractivity contribution is 7.93. The van der Waals surface area contributed by atoms with Crippen LogP contribution in [0.2, 0.25) is 0 Å². The Balaban J connectivity index is 2.48. The third-order valence-electron chi connectivity index (χ3n) is 1.69. The van der Waals surface area contributed by atoms with Crippen molar-refractivity contribution in [2.45, 2.75) is 0 Å².